The van der Waals surface area contributed by atoms with Crippen molar-refractivity contribution in [3.8, 4) is 0 Å². The fourth-order valence-electron chi connectivity index (χ4n) is 2.97. The second-order valence-corrected chi connectivity index (χ2v) is 9.59. The average Bonchev–Trinajstić information content (AvgIpc) is 2.88. The lowest BCUT2D eigenvalue weighted by molar-refractivity contribution is -0.141. The summed E-state index contributed by atoms with van der Waals surface area (Å²) in [7, 11) is -2.86. The largest absolute Gasteiger partial charge is 0.468 e. The third kappa shape index (κ3) is 10.7. The maximum atomic E-state index is 12.8. The molecule has 2 aromatic rings. The number of alkyl carbamates (subject to hydrolysis) is 1. The van der Waals surface area contributed by atoms with Crippen molar-refractivity contribution >= 4 is 34.0 Å². The predicted molar refractivity (Wildman–Crippen MR) is 136 cm³/mol. The molecule has 0 fully saturated rings. The van der Waals surface area contributed by atoms with Crippen LogP contribution in [0.15, 0.2) is 64.5 Å². The Hall–Kier alpha value is -3.97. The highest BCUT2D eigenvalue weighted by Gasteiger charge is 2.26. The summed E-state index contributed by atoms with van der Waals surface area (Å²) in [5, 5.41) is 4.63. The van der Waals surface area contributed by atoms with Crippen LogP contribution in [0.1, 0.15) is 24.0 Å². The van der Waals surface area contributed by atoms with Crippen LogP contribution in [-0.2, 0) is 35.7 Å². The number of benzene rings is 2. The third-order valence-corrected chi connectivity index (χ3v) is 6.44. The molecule has 0 aliphatic carbocycles. The van der Waals surface area contributed by atoms with Gasteiger partial charge in [0.25, 0.3) is 0 Å². The summed E-state index contributed by atoms with van der Waals surface area (Å²) in [5.74, 6) is -1.58. The van der Waals surface area contributed by atoms with Gasteiger partial charge in [0.15, 0.2) is 5.96 Å². The molecule has 2 rings (SSSR count). The second-order valence-electron chi connectivity index (χ2n) is 7.88. The van der Waals surface area contributed by atoms with Gasteiger partial charge in [0.05, 0.1) is 12.0 Å². The minimum atomic E-state index is -4.03. The topological polar surface area (TPSA) is 178 Å². The maximum Gasteiger partial charge on any atom is 0.414 e. The van der Waals surface area contributed by atoms with Crippen molar-refractivity contribution in [3.05, 3.63) is 65.7 Å². The number of sulfonamides is 1. The number of aliphatic imine (C=N–C) groups is 1. The van der Waals surface area contributed by atoms with Gasteiger partial charge in [0.1, 0.15) is 19.2 Å². The molecule has 13 heteroatoms. The number of carbonyl (C=O) groups excluding carboxylic acids is 3. The van der Waals surface area contributed by atoms with Crippen LogP contribution in [0.4, 0.5) is 4.79 Å². The summed E-state index contributed by atoms with van der Waals surface area (Å²) in [6.45, 7) is 1.54. The zero-order valence-corrected chi connectivity index (χ0v) is 21.4. The van der Waals surface area contributed by atoms with Crippen molar-refractivity contribution in [3.63, 3.8) is 0 Å². The molecule has 0 aliphatic rings. The van der Waals surface area contributed by atoms with Crippen LogP contribution in [0, 0.1) is 6.92 Å². The zero-order valence-electron chi connectivity index (χ0n) is 20.6. The summed E-state index contributed by atoms with van der Waals surface area (Å²) in [4.78, 5) is 39.8. The monoisotopic (exact) mass is 533 g/mol. The first-order valence-corrected chi connectivity index (χ1v) is 12.8. The van der Waals surface area contributed by atoms with Gasteiger partial charge in [-0.1, -0.05) is 48.0 Å². The molecule has 12 nitrogen and oxygen atoms in total. The highest BCUT2D eigenvalue weighted by atomic mass is 32.2. The molecule has 1 unspecified atom stereocenters. The Kier molecular flexibility index (Phi) is 11.5. The number of guanidine groups is 1. The number of nitrogens with two attached hydrogens (primary N) is 1. The van der Waals surface area contributed by atoms with Crippen LogP contribution < -0.4 is 21.1 Å². The average molecular weight is 534 g/mol. The van der Waals surface area contributed by atoms with E-state index in [0.29, 0.717) is 0 Å². The number of nitrogens with one attached hydrogen (secondary N) is 3. The van der Waals surface area contributed by atoms with Gasteiger partial charge < -0.3 is 20.5 Å². The predicted octanol–water partition coefficient (Wildman–Crippen LogP) is 0.952. The molecule has 0 saturated heterocycles. The quantitative estimate of drug-likeness (QED) is 0.135. The van der Waals surface area contributed by atoms with E-state index in [1.807, 2.05) is 25.1 Å². The van der Waals surface area contributed by atoms with Crippen LogP contribution in [0.2, 0.25) is 0 Å². The molecule has 1 atom stereocenters. The van der Waals surface area contributed by atoms with E-state index in [0.717, 1.165) is 11.1 Å². The van der Waals surface area contributed by atoms with Gasteiger partial charge in [-0.2, -0.15) is 4.72 Å². The Bertz CT molecular complexity index is 1190. The third-order valence-electron chi connectivity index (χ3n) is 4.96. The molecule has 0 radical (unpaired) electrons. The first-order chi connectivity index (χ1) is 17.6. The number of aryl methyl sites for hydroxylation is 1. The first kappa shape index (κ1) is 29.3. The van der Waals surface area contributed by atoms with Crippen LogP contribution in [0.25, 0.3) is 0 Å². The van der Waals surface area contributed by atoms with Crippen molar-refractivity contribution in [2.75, 3.05) is 20.2 Å². The lowest BCUT2D eigenvalue weighted by atomic mass is 10.1. The fraction of sp³-hybridized carbons (Fsp3) is 0.333. The van der Waals surface area contributed by atoms with Gasteiger partial charge >= 0.3 is 12.1 Å². The van der Waals surface area contributed by atoms with Gasteiger partial charge in [-0.15, -0.1) is 0 Å². The van der Waals surface area contributed by atoms with E-state index in [9.17, 15) is 22.8 Å². The van der Waals surface area contributed by atoms with Crippen molar-refractivity contribution in [2.24, 2.45) is 10.7 Å². The molecule has 0 spiro atoms. The van der Waals surface area contributed by atoms with Crippen LogP contribution in [-0.4, -0.2) is 58.6 Å². The molecule has 200 valence electrons. The Morgan fingerprint density at radius 1 is 1.05 bits per heavy atom. The molecule has 0 aliphatic heterocycles. The van der Waals surface area contributed by atoms with Crippen molar-refractivity contribution in [1.29, 1.82) is 0 Å². The fourth-order valence-corrected chi connectivity index (χ4v) is 4.20. The van der Waals surface area contributed by atoms with Crippen molar-refractivity contribution in [2.45, 2.75) is 37.3 Å². The normalized spacial score (nSPS) is 12.3. The highest BCUT2D eigenvalue weighted by molar-refractivity contribution is 7.89. The van der Waals surface area contributed by atoms with Crippen molar-refractivity contribution < 1.29 is 32.3 Å². The lowest BCUT2D eigenvalue weighted by Crippen LogP contribution is -2.48. The molecule has 0 heterocycles. The molecule has 2 amide bonds. The molecule has 37 heavy (non-hydrogen) atoms. The molecular formula is C24H31N5O7S. The molecule has 5 N–H and O–H groups in total. The summed E-state index contributed by atoms with van der Waals surface area (Å²) >= 11 is 0. The Balaban J connectivity index is 1.93. The second kappa shape index (κ2) is 14.6. The van der Waals surface area contributed by atoms with E-state index >= 15 is 0 Å². The van der Waals surface area contributed by atoms with Gasteiger partial charge in [-0.05, 0) is 37.5 Å². The van der Waals surface area contributed by atoms with E-state index < -0.39 is 40.6 Å². The SMILES string of the molecule is COC(=O)CNC(=O)C(CCCN=C(N)NC(=O)OCc1ccccc1)NS(=O)(=O)c1ccc(C)cc1. The van der Waals surface area contributed by atoms with E-state index in [1.165, 1.54) is 19.2 Å². The van der Waals surface area contributed by atoms with Gasteiger partial charge in [0.2, 0.25) is 15.9 Å². The van der Waals surface area contributed by atoms with Crippen LogP contribution in [0.3, 0.4) is 0 Å². The van der Waals surface area contributed by atoms with E-state index in [-0.39, 0.29) is 36.8 Å². The molecule has 0 bridgehead atoms. The Morgan fingerprint density at radius 2 is 1.73 bits per heavy atom. The minimum absolute atomic E-state index is 0.00986. The van der Waals surface area contributed by atoms with Crippen LogP contribution in [0.5, 0.6) is 0 Å². The maximum absolute atomic E-state index is 12.8. The number of hydrogen-bond donors (Lipinski definition) is 4. The standard InChI is InChI=1S/C24H31N5O7S/c1-17-10-12-19(13-11-17)37(33,34)29-20(22(31)27-15-21(30)35-2)9-6-14-26-23(25)28-24(32)36-16-18-7-4-3-5-8-18/h3-5,7-8,10-13,20,29H,6,9,14-16H2,1-2H3,(H,27,31)(H3,25,26,28,32). The summed E-state index contributed by atoms with van der Waals surface area (Å²) in [6, 6.07) is 14.0. The molecule has 0 saturated carbocycles. The number of nitrogens with zero attached hydrogens (tertiary/aromatic N) is 1. The summed E-state index contributed by atoms with van der Waals surface area (Å²) in [5.41, 5.74) is 7.38. The Morgan fingerprint density at radius 3 is 2.38 bits per heavy atom. The number of esters is 1. The zero-order chi connectivity index (χ0) is 27.3. The van der Waals surface area contributed by atoms with Gasteiger partial charge in [-0.25, -0.2) is 13.2 Å². The van der Waals surface area contributed by atoms with Crippen molar-refractivity contribution in [1.82, 2.24) is 15.4 Å². The number of methoxy groups -OCH3 is 1. The molecule has 0 aromatic heterocycles. The molecule has 2 aromatic carbocycles. The smallest absolute Gasteiger partial charge is 0.414 e. The number of hydrogen-bond acceptors (Lipinski definition) is 8. The molecular weight excluding hydrogens is 502 g/mol. The van der Waals surface area contributed by atoms with E-state index in [1.54, 1.807) is 24.3 Å². The van der Waals surface area contributed by atoms with E-state index in [2.05, 4.69) is 25.1 Å². The first-order valence-electron chi connectivity index (χ1n) is 11.3. The summed E-state index contributed by atoms with van der Waals surface area (Å²) in [6.07, 6.45) is -0.516. The highest BCUT2D eigenvalue weighted by Crippen LogP contribution is 2.12. The van der Waals surface area contributed by atoms with Gasteiger partial charge in [0, 0.05) is 6.54 Å². The minimum Gasteiger partial charge on any atom is -0.468 e. The summed E-state index contributed by atoms with van der Waals surface area (Å²) < 4.78 is 37.5. The number of carbonyl (C=O) groups is 3. The van der Waals surface area contributed by atoms with Gasteiger partial charge in [-0.3, -0.25) is 19.9 Å². The Labute approximate surface area is 215 Å². The number of ether oxygens (including phenoxy) is 2. The van der Waals surface area contributed by atoms with E-state index in [4.69, 9.17) is 10.5 Å². The number of amides is 2. The lowest BCUT2D eigenvalue weighted by Gasteiger charge is -2.18. The number of rotatable bonds is 12. The van der Waals surface area contributed by atoms with Crippen LogP contribution >= 0.6 is 0 Å².